The summed E-state index contributed by atoms with van der Waals surface area (Å²) in [5.41, 5.74) is 4.91. The van der Waals surface area contributed by atoms with Crippen molar-refractivity contribution in [1.29, 1.82) is 0 Å². The van der Waals surface area contributed by atoms with E-state index >= 15 is 0 Å². The molecule has 0 amide bonds. The van der Waals surface area contributed by atoms with Crippen molar-refractivity contribution < 1.29 is 4.42 Å². The summed E-state index contributed by atoms with van der Waals surface area (Å²) in [5, 5.41) is 3.45. The van der Waals surface area contributed by atoms with Gasteiger partial charge in [0.25, 0.3) is 0 Å². The highest BCUT2D eigenvalue weighted by Gasteiger charge is 2.26. The van der Waals surface area contributed by atoms with Crippen LogP contribution in [0.3, 0.4) is 0 Å². The average molecular weight is 370 g/mol. The molecule has 3 heterocycles. The molecule has 1 N–H and O–H groups in total. The molecule has 2 aromatic heterocycles. The predicted molar refractivity (Wildman–Crippen MR) is 110 cm³/mol. The van der Waals surface area contributed by atoms with Crippen molar-refractivity contribution in [3.63, 3.8) is 0 Å². The van der Waals surface area contributed by atoms with E-state index in [-0.39, 0.29) is 0 Å². The number of hydrogen-bond acceptors (Lipinski definition) is 4. The van der Waals surface area contributed by atoms with Gasteiger partial charge >= 0.3 is 0 Å². The van der Waals surface area contributed by atoms with Gasteiger partial charge in [0.2, 0.25) is 5.89 Å². The lowest BCUT2D eigenvalue weighted by molar-refractivity contribution is 0.539. The molecule has 1 fully saturated rings. The lowest BCUT2D eigenvalue weighted by atomic mass is 10.1. The van der Waals surface area contributed by atoms with Gasteiger partial charge in [-0.05, 0) is 32.0 Å². The number of aryl methyl sites for hydroxylation is 1. The fourth-order valence-corrected chi connectivity index (χ4v) is 3.88. The van der Waals surface area contributed by atoms with Gasteiger partial charge in [-0.2, -0.15) is 0 Å². The molecule has 5 rings (SSSR count). The summed E-state index contributed by atoms with van der Waals surface area (Å²) in [7, 11) is 0. The minimum absolute atomic E-state index is 0.372. The lowest BCUT2D eigenvalue weighted by Crippen LogP contribution is -2.13. The first-order chi connectivity index (χ1) is 13.8. The Morgan fingerprint density at radius 2 is 1.68 bits per heavy atom. The highest BCUT2D eigenvalue weighted by atomic mass is 16.4. The van der Waals surface area contributed by atoms with E-state index in [0.29, 0.717) is 11.9 Å². The number of benzene rings is 2. The third-order valence-electron chi connectivity index (χ3n) is 5.31. The van der Waals surface area contributed by atoms with Crippen LogP contribution >= 0.6 is 0 Å². The van der Waals surface area contributed by atoms with Crippen LogP contribution < -0.4 is 5.32 Å². The zero-order valence-corrected chi connectivity index (χ0v) is 15.8. The van der Waals surface area contributed by atoms with Gasteiger partial charge in [-0.25, -0.2) is 9.97 Å². The quantitative estimate of drug-likeness (QED) is 0.565. The Hall–Kier alpha value is -3.18. The molecule has 2 aromatic carbocycles. The van der Waals surface area contributed by atoms with Gasteiger partial charge in [0.05, 0.1) is 17.7 Å². The Balaban J connectivity index is 1.68. The molecule has 0 radical (unpaired) electrons. The molecule has 1 saturated heterocycles. The maximum atomic E-state index is 6.07. The second kappa shape index (κ2) is 7.09. The van der Waals surface area contributed by atoms with Gasteiger partial charge in [0.15, 0.2) is 0 Å². The van der Waals surface area contributed by atoms with Crippen LogP contribution in [0.4, 0.5) is 0 Å². The Kier molecular flexibility index (Phi) is 4.29. The Morgan fingerprint density at radius 1 is 0.964 bits per heavy atom. The van der Waals surface area contributed by atoms with E-state index in [0.717, 1.165) is 53.5 Å². The van der Waals surface area contributed by atoms with Crippen LogP contribution in [-0.4, -0.2) is 27.6 Å². The summed E-state index contributed by atoms with van der Waals surface area (Å²) >= 11 is 0. The zero-order valence-electron chi connectivity index (χ0n) is 15.8. The molecule has 0 aliphatic carbocycles. The number of aromatic nitrogens is 3. The summed E-state index contributed by atoms with van der Waals surface area (Å²) in [4.78, 5) is 9.68. The minimum atomic E-state index is 0.372. The predicted octanol–water partition coefficient (Wildman–Crippen LogP) is 4.71. The number of oxazole rings is 1. The molecule has 1 aliphatic rings. The SMILES string of the molecule is Cc1oc(-c2ccccc2)nc1-c1c(-c2ccccc2)ncn1C1CCNC1. The topological polar surface area (TPSA) is 55.9 Å². The van der Waals surface area contributed by atoms with Crippen molar-refractivity contribution in [2.24, 2.45) is 0 Å². The summed E-state index contributed by atoms with van der Waals surface area (Å²) < 4.78 is 8.33. The Morgan fingerprint density at radius 3 is 2.36 bits per heavy atom. The monoisotopic (exact) mass is 370 g/mol. The third-order valence-corrected chi connectivity index (χ3v) is 5.31. The van der Waals surface area contributed by atoms with Crippen LogP contribution in [0.2, 0.25) is 0 Å². The average Bonchev–Trinajstić information content (AvgIpc) is 3.48. The molecule has 0 bridgehead atoms. The van der Waals surface area contributed by atoms with Crippen molar-refractivity contribution in [2.75, 3.05) is 13.1 Å². The van der Waals surface area contributed by atoms with Crippen LogP contribution in [0.25, 0.3) is 34.1 Å². The molecule has 0 saturated carbocycles. The Labute approximate surface area is 164 Å². The fraction of sp³-hybridized carbons (Fsp3) is 0.217. The van der Waals surface area contributed by atoms with Crippen molar-refractivity contribution in [1.82, 2.24) is 19.9 Å². The molecule has 28 heavy (non-hydrogen) atoms. The molecule has 0 spiro atoms. The highest BCUT2D eigenvalue weighted by molar-refractivity contribution is 5.78. The third kappa shape index (κ3) is 2.94. The van der Waals surface area contributed by atoms with Gasteiger partial charge in [-0.3, -0.25) is 0 Å². The van der Waals surface area contributed by atoms with Crippen LogP contribution in [0.1, 0.15) is 18.2 Å². The van der Waals surface area contributed by atoms with E-state index in [4.69, 9.17) is 14.4 Å². The van der Waals surface area contributed by atoms with Gasteiger partial charge < -0.3 is 14.3 Å². The molecule has 140 valence electrons. The van der Waals surface area contributed by atoms with E-state index in [1.165, 1.54) is 0 Å². The van der Waals surface area contributed by atoms with Crippen molar-refractivity contribution >= 4 is 0 Å². The molecule has 1 aliphatic heterocycles. The van der Waals surface area contributed by atoms with Gasteiger partial charge in [0.1, 0.15) is 11.5 Å². The second-order valence-electron chi connectivity index (χ2n) is 7.15. The van der Waals surface area contributed by atoms with Crippen LogP contribution in [0, 0.1) is 6.92 Å². The van der Waals surface area contributed by atoms with Gasteiger partial charge in [-0.1, -0.05) is 48.5 Å². The van der Waals surface area contributed by atoms with E-state index in [9.17, 15) is 0 Å². The smallest absolute Gasteiger partial charge is 0.226 e. The summed E-state index contributed by atoms with van der Waals surface area (Å²) in [6.07, 6.45) is 3.03. The Bertz CT molecular complexity index is 1080. The normalized spacial score (nSPS) is 16.5. The van der Waals surface area contributed by atoms with Gasteiger partial charge in [-0.15, -0.1) is 0 Å². The van der Waals surface area contributed by atoms with E-state index in [2.05, 4.69) is 22.0 Å². The number of rotatable bonds is 4. The van der Waals surface area contributed by atoms with Gasteiger partial charge in [0, 0.05) is 23.7 Å². The molecule has 1 unspecified atom stereocenters. The van der Waals surface area contributed by atoms with Crippen LogP contribution in [0.15, 0.2) is 71.4 Å². The van der Waals surface area contributed by atoms with E-state index in [1.54, 1.807) is 0 Å². The number of nitrogens with zero attached hydrogens (tertiary/aromatic N) is 3. The fourth-order valence-electron chi connectivity index (χ4n) is 3.88. The molecule has 5 heteroatoms. The first kappa shape index (κ1) is 17.0. The summed E-state index contributed by atoms with van der Waals surface area (Å²) in [5.74, 6) is 1.45. The van der Waals surface area contributed by atoms with Crippen molar-refractivity contribution in [3.05, 3.63) is 72.8 Å². The number of hydrogen-bond donors (Lipinski definition) is 1. The summed E-state index contributed by atoms with van der Waals surface area (Å²) in [6, 6.07) is 20.7. The molecular weight excluding hydrogens is 348 g/mol. The number of imidazole rings is 1. The standard InChI is InChI=1S/C23H22N4O/c1-16-20(26-23(28-16)18-10-6-3-7-11-18)22-21(17-8-4-2-5-9-17)25-15-27(22)19-12-13-24-14-19/h2-11,15,19,24H,12-14H2,1H3. The largest absolute Gasteiger partial charge is 0.441 e. The highest BCUT2D eigenvalue weighted by Crippen LogP contribution is 2.37. The molecular formula is C23H22N4O. The van der Waals surface area contributed by atoms with Crippen LogP contribution in [-0.2, 0) is 0 Å². The van der Waals surface area contributed by atoms with E-state index < -0.39 is 0 Å². The molecule has 1 atom stereocenters. The maximum absolute atomic E-state index is 6.07. The minimum Gasteiger partial charge on any atom is -0.441 e. The second-order valence-corrected chi connectivity index (χ2v) is 7.15. The first-order valence-corrected chi connectivity index (χ1v) is 9.67. The zero-order chi connectivity index (χ0) is 18.9. The first-order valence-electron chi connectivity index (χ1n) is 9.67. The maximum Gasteiger partial charge on any atom is 0.226 e. The molecule has 5 nitrogen and oxygen atoms in total. The lowest BCUT2D eigenvalue weighted by Gasteiger charge is -2.14. The summed E-state index contributed by atoms with van der Waals surface area (Å²) in [6.45, 7) is 3.95. The van der Waals surface area contributed by atoms with E-state index in [1.807, 2.05) is 61.8 Å². The molecule has 4 aromatic rings. The van der Waals surface area contributed by atoms with Crippen molar-refractivity contribution in [3.8, 4) is 34.1 Å². The van der Waals surface area contributed by atoms with Crippen LogP contribution in [0.5, 0.6) is 0 Å². The van der Waals surface area contributed by atoms with Crippen molar-refractivity contribution in [2.45, 2.75) is 19.4 Å². The number of nitrogens with one attached hydrogen (secondary N) is 1.